The van der Waals surface area contributed by atoms with Gasteiger partial charge in [-0.25, -0.2) is 0 Å². The van der Waals surface area contributed by atoms with E-state index in [1.807, 2.05) is 4.90 Å². The molecular weight excluding hydrogens is 370 g/mol. The van der Waals surface area contributed by atoms with Gasteiger partial charge >= 0.3 is 6.61 Å². The summed E-state index contributed by atoms with van der Waals surface area (Å²) in [6, 6.07) is 6.45. The van der Waals surface area contributed by atoms with Crippen LogP contribution in [-0.2, 0) is 18.4 Å². The number of hydrogen-bond donors (Lipinski definition) is 1. The minimum absolute atomic E-state index is 0.0467. The molecule has 8 nitrogen and oxygen atoms in total. The lowest BCUT2D eigenvalue weighted by Crippen LogP contribution is -2.55. The molecule has 1 saturated heterocycles. The fourth-order valence-electron chi connectivity index (χ4n) is 3.02. The molecule has 0 radical (unpaired) electrons. The van der Waals surface area contributed by atoms with E-state index in [-0.39, 0.29) is 18.2 Å². The number of aliphatic imine (C=N–C) groups is 1. The summed E-state index contributed by atoms with van der Waals surface area (Å²) >= 11 is 0. The molecular formula is C18H22F2N6O2. The van der Waals surface area contributed by atoms with Crippen molar-refractivity contribution in [3.05, 3.63) is 42.2 Å². The summed E-state index contributed by atoms with van der Waals surface area (Å²) in [5.74, 6) is 0.624. The van der Waals surface area contributed by atoms with Crippen LogP contribution in [-0.4, -0.2) is 59.8 Å². The maximum atomic E-state index is 12.5. The van der Waals surface area contributed by atoms with Crippen molar-refractivity contribution in [3.63, 3.8) is 0 Å². The molecule has 1 N–H and O–H groups in total. The number of carbonyl (C=O) groups is 1. The van der Waals surface area contributed by atoms with E-state index in [9.17, 15) is 13.6 Å². The third-order valence-electron chi connectivity index (χ3n) is 4.31. The van der Waals surface area contributed by atoms with E-state index in [0.29, 0.717) is 25.6 Å². The van der Waals surface area contributed by atoms with Gasteiger partial charge in [-0.2, -0.15) is 13.9 Å². The predicted octanol–water partition coefficient (Wildman–Crippen LogP) is 1.45. The monoisotopic (exact) mass is 392 g/mol. The predicted molar refractivity (Wildman–Crippen MR) is 100 cm³/mol. The van der Waals surface area contributed by atoms with Crippen LogP contribution in [0.4, 0.5) is 14.5 Å². The number of nitrogens with zero attached hydrogens (tertiary/aromatic N) is 5. The lowest BCUT2D eigenvalue weighted by atomic mass is 10.2. The zero-order valence-electron chi connectivity index (χ0n) is 15.7. The molecule has 2 aromatic rings. The van der Waals surface area contributed by atoms with Crippen molar-refractivity contribution in [1.82, 2.24) is 20.0 Å². The minimum atomic E-state index is -2.86. The summed E-state index contributed by atoms with van der Waals surface area (Å²) in [5.41, 5.74) is 1.53. The number of amides is 1. The number of nitrogens with one attached hydrogen (secondary N) is 1. The number of ether oxygens (including phenoxy) is 1. The van der Waals surface area contributed by atoms with Gasteiger partial charge in [0.2, 0.25) is 5.91 Å². The minimum Gasteiger partial charge on any atom is -0.435 e. The van der Waals surface area contributed by atoms with Crippen LogP contribution in [0.15, 0.2) is 41.7 Å². The first-order chi connectivity index (χ1) is 13.5. The zero-order valence-corrected chi connectivity index (χ0v) is 15.7. The molecule has 10 heteroatoms. The molecule has 0 saturated carbocycles. The maximum absolute atomic E-state index is 12.5. The third kappa shape index (κ3) is 4.76. The van der Waals surface area contributed by atoms with Crippen LogP contribution in [0.2, 0.25) is 0 Å². The Morgan fingerprint density at radius 1 is 1.39 bits per heavy atom. The molecule has 1 aliphatic heterocycles. The number of piperazine rings is 1. The molecule has 1 amide bonds. The topological polar surface area (TPSA) is 75.0 Å². The average molecular weight is 392 g/mol. The number of guanidine groups is 1. The normalized spacial score (nSPS) is 15.3. The van der Waals surface area contributed by atoms with Gasteiger partial charge in [0.15, 0.2) is 5.96 Å². The summed E-state index contributed by atoms with van der Waals surface area (Å²) < 4.78 is 30.8. The summed E-state index contributed by atoms with van der Waals surface area (Å²) in [7, 11) is 3.44. The second-order valence-electron chi connectivity index (χ2n) is 6.27. The summed E-state index contributed by atoms with van der Waals surface area (Å²) in [6.45, 7) is -1.19. The lowest BCUT2D eigenvalue weighted by molar-refractivity contribution is -0.120. The first-order valence-electron chi connectivity index (χ1n) is 8.74. The van der Waals surface area contributed by atoms with Crippen molar-refractivity contribution in [3.8, 4) is 5.75 Å². The van der Waals surface area contributed by atoms with Gasteiger partial charge in [0.1, 0.15) is 12.3 Å². The molecule has 28 heavy (non-hydrogen) atoms. The van der Waals surface area contributed by atoms with Crippen LogP contribution >= 0.6 is 0 Å². The Kier molecular flexibility index (Phi) is 6.07. The quantitative estimate of drug-likeness (QED) is 0.616. The highest BCUT2D eigenvalue weighted by Crippen LogP contribution is 2.17. The van der Waals surface area contributed by atoms with Crippen molar-refractivity contribution >= 4 is 17.6 Å². The number of benzene rings is 1. The van der Waals surface area contributed by atoms with Crippen LogP contribution in [0, 0.1) is 0 Å². The second kappa shape index (κ2) is 8.68. The van der Waals surface area contributed by atoms with Gasteiger partial charge in [-0.05, 0) is 17.7 Å². The molecule has 0 atom stereocenters. The van der Waals surface area contributed by atoms with Crippen LogP contribution in [0.1, 0.15) is 5.56 Å². The molecule has 1 aromatic heterocycles. The van der Waals surface area contributed by atoms with E-state index in [4.69, 9.17) is 0 Å². The second-order valence-corrected chi connectivity index (χ2v) is 6.27. The number of rotatable bonds is 5. The number of anilines is 1. The number of aryl methyl sites for hydroxylation is 1. The number of hydrogen-bond acceptors (Lipinski definition) is 4. The molecule has 0 bridgehead atoms. The fraction of sp³-hybridized carbons (Fsp3) is 0.389. The lowest BCUT2D eigenvalue weighted by Gasteiger charge is -2.35. The molecule has 0 aliphatic carbocycles. The van der Waals surface area contributed by atoms with Crippen molar-refractivity contribution in [1.29, 1.82) is 0 Å². The van der Waals surface area contributed by atoms with Gasteiger partial charge in [-0.3, -0.25) is 14.5 Å². The largest absolute Gasteiger partial charge is 0.435 e. The molecule has 0 spiro atoms. The first kappa shape index (κ1) is 19.6. The van der Waals surface area contributed by atoms with Crippen LogP contribution in [0.3, 0.4) is 0 Å². The highest BCUT2D eigenvalue weighted by molar-refractivity contribution is 5.98. The molecule has 1 fully saturated rings. The summed E-state index contributed by atoms with van der Waals surface area (Å²) in [5, 5.41) is 7.26. The van der Waals surface area contributed by atoms with E-state index in [1.54, 1.807) is 48.2 Å². The molecule has 1 aliphatic rings. The Bertz CT molecular complexity index is 854. The zero-order chi connectivity index (χ0) is 20.1. The highest BCUT2D eigenvalue weighted by Gasteiger charge is 2.27. The molecule has 2 heterocycles. The third-order valence-corrected chi connectivity index (χ3v) is 4.31. The molecule has 3 rings (SSSR count). The van der Waals surface area contributed by atoms with Gasteiger partial charge in [-0.1, -0.05) is 12.1 Å². The fourth-order valence-corrected chi connectivity index (χ4v) is 3.02. The van der Waals surface area contributed by atoms with Gasteiger partial charge in [0, 0.05) is 39.9 Å². The highest BCUT2D eigenvalue weighted by atomic mass is 19.3. The SMILES string of the molecule is CN=C(NCc1cccc(OC(F)F)c1)N1CCN(c2cnn(C)c2)C(=O)C1. The maximum Gasteiger partial charge on any atom is 0.387 e. The smallest absolute Gasteiger partial charge is 0.387 e. The van der Waals surface area contributed by atoms with E-state index in [0.717, 1.165) is 11.3 Å². The van der Waals surface area contributed by atoms with E-state index >= 15 is 0 Å². The van der Waals surface area contributed by atoms with Crippen molar-refractivity contribution in [2.24, 2.45) is 12.0 Å². The Morgan fingerprint density at radius 2 is 2.21 bits per heavy atom. The Balaban J connectivity index is 1.58. The van der Waals surface area contributed by atoms with Crippen molar-refractivity contribution in [2.75, 3.05) is 31.6 Å². The van der Waals surface area contributed by atoms with Gasteiger partial charge in [0.05, 0.1) is 11.9 Å². The van der Waals surface area contributed by atoms with E-state index < -0.39 is 6.61 Å². The van der Waals surface area contributed by atoms with Gasteiger partial charge in [-0.15, -0.1) is 0 Å². The molecule has 0 unspecified atom stereocenters. The molecule has 1 aromatic carbocycles. The number of halogens is 2. The number of alkyl halides is 2. The van der Waals surface area contributed by atoms with Crippen LogP contribution < -0.4 is 15.0 Å². The van der Waals surface area contributed by atoms with Crippen molar-refractivity contribution < 1.29 is 18.3 Å². The summed E-state index contributed by atoms with van der Waals surface area (Å²) in [6.07, 6.45) is 3.46. The standard InChI is InChI=1S/C18H22F2N6O2/c1-21-18(22-9-13-4-3-5-15(8-13)28-17(19)20)25-6-7-26(16(27)12-25)14-10-23-24(2)11-14/h3-5,8,10-11,17H,6-7,9,12H2,1-2H3,(H,21,22). The van der Waals surface area contributed by atoms with Crippen LogP contribution in [0.5, 0.6) is 5.75 Å². The van der Waals surface area contributed by atoms with Crippen LogP contribution in [0.25, 0.3) is 0 Å². The van der Waals surface area contributed by atoms with E-state index in [2.05, 4.69) is 20.1 Å². The van der Waals surface area contributed by atoms with E-state index in [1.165, 1.54) is 12.1 Å². The number of carbonyl (C=O) groups excluding carboxylic acids is 1. The Hall–Kier alpha value is -3.17. The van der Waals surface area contributed by atoms with Crippen molar-refractivity contribution in [2.45, 2.75) is 13.2 Å². The Morgan fingerprint density at radius 3 is 2.86 bits per heavy atom. The molecule has 150 valence electrons. The van der Waals surface area contributed by atoms with Gasteiger partial charge in [0.25, 0.3) is 0 Å². The van der Waals surface area contributed by atoms with Gasteiger partial charge < -0.3 is 19.9 Å². The first-order valence-corrected chi connectivity index (χ1v) is 8.74. The Labute approximate surface area is 161 Å². The number of aromatic nitrogens is 2. The average Bonchev–Trinajstić information content (AvgIpc) is 3.08. The summed E-state index contributed by atoms with van der Waals surface area (Å²) in [4.78, 5) is 20.3.